The van der Waals surface area contributed by atoms with E-state index in [-0.39, 0.29) is 23.6 Å². The smallest absolute Gasteiger partial charge is 0.324 e. The fraction of sp³-hybridized carbons (Fsp3) is 0.619. The Morgan fingerprint density at radius 2 is 1.97 bits per heavy atom. The van der Waals surface area contributed by atoms with E-state index in [1.165, 1.54) is 18.2 Å². The molecule has 0 radical (unpaired) electrons. The van der Waals surface area contributed by atoms with Crippen LogP contribution in [0.3, 0.4) is 0 Å². The third-order valence-corrected chi connectivity index (χ3v) is 6.58. The summed E-state index contributed by atoms with van der Waals surface area (Å²) in [6.45, 7) is 5.78. The highest BCUT2D eigenvalue weighted by molar-refractivity contribution is 7.89. The van der Waals surface area contributed by atoms with Crippen LogP contribution in [0.4, 0.5) is 8.78 Å². The molecular formula is C21H29F2NO6S. The minimum Gasteiger partial charge on any atom is -0.486 e. The minimum absolute atomic E-state index is 0.106. The van der Waals surface area contributed by atoms with Crippen LogP contribution in [0.2, 0.25) is 0 Å². The maximum Gasteiger partial charge on any atom is 0.324 e. The first-order valence-electron chi connectivity index (χ1n) is 10.1. The van der Waals surface area contributed by atoms with Crippen molar-refractivity contribution in [2.75, 3.05) is 13.2 Å². The van der Waals surface area contributed by atoms with Crippen LogP contribution in [-0.4, -0.2) is 55.7 Å². The number of benzene rings is 1. The van der Waals surface area contributed by atoms with E-state index in [0.717, 1.165) is 4.31 Å². The summed E-state index contributed by atoms with van der Waals surface area (Å²) in [6.07, 6.45) is 0.132. The minimum atomic E-state index is -4.21. The molecule has 1 aromatic carbocycles. The van der Waals surface area contributed by atoms with Gasteiger partial charge in [0.25, 0.3) is 5.92 Å². The highest BCUT2D eigenvalue weighted by Crippen LogP contribution is 2.34. The maximum atomic E-state index is 13.9. The van der Waals surface area contributed by atoms with Crippen LogP contribution in [0.5, 0.6) is 5.75 Å². The lowest BCUT2D eigenvalue weighted by molar-refractivity contribution is -0.158. The molecule has 31 heavy (non-hydrogen) atoms. The van der Waals surface area contributed by atoms with Gasteiger partial charge < -0.3 is 14.3 Å². The number of aldehydes is 1. The van der Waals surface area contributed by atoms with Gasteiger partial charge in [0.15, 0.2) is 6.61 Å². The maximum absolute atomic E-state index is 13.9. The van der Waals surface area contributed by atoms with Gasteiger partial charge in [0.1, 0.15) is 28.6 Å². The Balaban J connectivity index is 2.31. The second-order valence-electron chi connectivity index (χ2n) is 8.61. The number of rotatable bonds is 9. The number of alkyl halides is 2. The zero-order chi connectivity index (χ0) is 23.4. The Hall–Kier alpha value is -2.07. The third kappa shape index (κ3) is 6.70. The average Bonchev–Trinajstić information content (AvgIpc) is 3.14. The van der Waals surface area contributed by atoms with Crippen molar-refractivity contribution in [1.29, 1.82) is 0 Å². The number of sulfonamides is 1. The van der Waals surface area contributed by atoms with Crippen molar-refractivity contribution >= 4 is 22.3 Å². The van der Waals surface area contributed by atoms with Crippen molar-refractivity contribution in [2.45, 2.75) is 75.8 Å². The van der Waals surface area contributed by atoms with E-state index >= 15 is 0 Å². The number of hydrogen-bond donors (Lipinski definition) is 0. The van der Waals surface area contributed by atoms with Gasteiger partial charge in [-0.3, -0.25) is 4.79 Å². The van der Waals surface area contributed by atoms with E-state index in [0.29, 0.717) is 24.7 Å². The molecule has 0 amide bonds. The van der Waals surface area contributed by atoms with Gasteiger partial charge in [0.05, 0.1) is 0 Å². The Kier molecular flexibility index (Phi) is 7.80. The molecular weight excluding hydrogens is 432 g/mol. The van der Waals surface area contributed by atoms with Crippen LogP contribution < -0.4 is 4.74 Å². The van der Waals surface area contributed by atoms with Gasteiger partial charge in [-0.25, -0.2) is 17.2 Å². The zero-order valence-corrected chi connectivity index (χ0v) is 19.0. The third-order valence-electron chi connectivity index (χ3n) is 4.64. The fourth-order valence-electron chi connectivity index (χ4n) is 3.23. The summed E-state index contributed by atoms with van der Waals surface area (Å²) in [5, 5.41) is 0. The Morgan fingerprint density at radius 1 is 1.29 bits per heavy atom. The number of carbonyl (C=O) groups excluding carboxylic acids is 2. The van der Waals surface area contributed by atoms with Gasteiger partial charge in [-0.1, -0.05) is 6.07 Å². The second kappa shape index (κ2) is 9.60. The fourth-order valence-corrected chi connectivity index (χ4v) is 4.99. The van der Waals surface area contributed by atoms with E-state index < -0.39 is 46.6 Å². The molecule has 1 aliphatic rings. The number of ether oxygens (including phenoxy) is 2. The van der Waals surface area contributed by atoms with E-state index in [9.17, 15) is 26.8 Å². The van der Waals surface area contributed by atoms with Gasteiger partial charge in [-0.05, 0) is 58.2 Å². The Morgan fingerprint density at radius 3 is 2.58 bits per heavy atom. The van der Waals surface area contributed by atoms with Crippen LogP contribution in [0.1, 0.15) is 52.0 Å². The lowest BCUT2D eigenvalue weighted by Crippen LogP contribution is -2.43. The predicted octanol–water partition coefficient (Wildman–Crippen LogP) is 3.48. The van der Waals surface area contributed by atoms with E-state index in [2.05, 4.69) is 0 Å². The van der Waals surface area contributed by atoms with Crippen molar-refractivity contribution < 1.29 is 36.3 Å². The first kappa shape index (κ1) is 25.2. The number of esters is 1. The van der Waals surface area contributed by atoms with Crippen molar-refractivity contribution in [2.24, 2.45) is 0 Å². The molecule has 0 aromatic heterocycles. The molecule has 1 fully saturated rings. The highest BCUT2D eigenvalue weighted by atomic mass is 32.2. The molecule has 174 valence electrons. The Bertz CT molecular complexity index is 911. The van der Waals surface area contributed by atoms with Crippen LogP contribution in [0.15, 0.2) is 23.1 Å². The number of carbonyl (C=O) groups is 2. The van der Waals surface area contributed by atoms with Gasteiger partial charge >= 0.3 is 5.97 Å². The number of nitrogens with zero attached hydrogens (tertiary/aromatic N) is 1. The molecule has 1 aromatic rings. The van der Waals surface area contributed by atoms with Gasteiger partial charge in [0.2, 0.25) is 10.0 Å². The second-order valence-corrected chi connectivity index (χ2v) is 10.5. The molecule has 1 saturated heterocycles. The Labute approximate surface area is 181 Å². The van der Waals surface area contributed by atoms with E-state index in [1.807, 2.05) is 0 Å². The lowest BCUT2D eigenvalue weighted by Gasteiger charge is -2.27. The van der Waals surface area contributed by atoms with Crippen LogP contribution in [0, 0.1) is 6.92 Å². The number of aryl methyl sites for hydroxylation is 1. The van der Waals surface area contributed by atoms with Crippen molar-refractivity contribution in [3.63, 3.8) is 0 Å². The zero-order valence-electron chi connectivity index (χ0n) is 18.2. The average molecular weight is 462 g/mol. The molecule has 1 atom stereocenters. The van der Waals surface area contributed by atoms with Crippen molar-refractivity contribution in [3.8, 4) is 5.75 Å². The van der Waals surface area contributed by atoms with Crippen LogP contribution >= 0.6 is 0 Å². The van der Waals surface area contributed by atoms with E-state index in [4.69, 9.17) is 9.47 Å². The summed E-state index contributed by atoms with van der Waals surface area (Å²) in [6, 6.07) is 3.19. The predicted molar refractivity (Wildman–Crippen MR) is 110 cm³/mol. The molecule has 0 spiro atoms. The number of halogens is 2. The molecule has 0 unspecified atom stereocenters. The molecule has 0 saturated carbocycles. The number of hydrogen-bond acceptors (Lipinski definition) is 6. The summed E-state index contributed by atoms with van der Waals surface area (Å²) in [5.74, 6) is -4.16. The summed E-state index contributed by atoms with van der Waals surface area (Å²) in [4.78, 5) is 22.6. The molecule has 2 rings (SSSR count). The standard InChI is InChI=1S/C21H29F2NO6S/c1-15-8-9-18(17(13-15)29-14-21(22,23)10-6-12-25)31(27,28)24-11-5-7-16(24)19(26)30-20(2,3)4/h8-9,12-13,16H,5-7,10-11,14H2,1-4H3/t16-/m0/s1. The normalized spacial score (nSPS) is 18.1. The molecule has 1 heterocycles. The van der Waals surface area contributed by atoms with Crippen LogP contribution in [0.25, 0.3) is 0 Å². The molecule has 0 N–H and O–H groups in total. The molecule has 10 heteroatoms. The highest BCUT2D eigenvalue weighted by Gasteiger charge is 2.42. The lowest BCUT2D eigenvalue weighted by atomic mass is 10.2. The first-order valence-corrected chi connectivity index (χ1v) is 11.5. The quantitative estimate of drug-likeness (QED) is 0.413. The summed E-state index contributed by atoms with van der Waals surface area (Å²) in [5.41, 5.74) is -0.157. The SMILES string of the molecule is Cc1ccc(S(=O)(=O)N2CCC[C@H]2C(=O)OC(C)(C)C)c(OCC(F)(F)CCC=O)c1. The largest absolute Gasteiger partial charge is 0.486 e. The van der Waals surface area contributed by atoms with Crippen molar-refractivity contribution in [3.05, 3.63) is 23.8 Å². The molecule has 1 aliphatic heterocycles. The monoisotopic (exact) mass is 461 g/mol. The van der Waals surface area contributed by atoms with Gasteiger partial charge in [-0.2, -0.15) is 4.31 Å². The first-order chi connectivity index (χ1) is 14.3. The van der Waals surface area contributed by atoms with Gasteiger partial charge in [-0.15, -0.1) is 0 Å². The van der Waals surface area contributed by atoms with E-state index in [1.54, 1.807) is 27.7 Å². The van der Waals surface area contributed by atoms with Gasteiger partial charge in [0, 0.05) is 19.4 Å². The van der Waals surface area contributed by atoms with Crippen LogP contribution in [-0.2, 0) is 24.3 Å². The summed E-state index contributed by atoms with van der Waals surface area (Å²) >= 11 is 0. The molecule has 0 aliphatic carbocycles. The summed E-state index contributed by atoms with van der Waals surface area (Å²) in [7, 11) is -4.21. The van der Waals surface area contributed by atoms with Crippen molar-refractivity contribution in [1.82, 2.24) is 4.31 Å². The summed E-state index contributed by atoms with van der Waals surface area (Å²) < 4.78 is 66.2. The molecule has 7 nitrogen and oxygen atoms in total. The topological polar surface area (TPSA) is 90.0 Å². The molecule has 0 bridgehead atoms.